The molecule has 0 spiro atoms. The molecule has 2 heterocycles. The third-order valence-corrected chi connectivity index (χ3v) is 3.50. The highest BCUT2D eigenvalue weighted by Crippen LogP contribution is 2.35. The molecular weight excluding hydrogens is 208 g/mol. The van der Waals surface area contributed by atoms with Crippen LogP contribution in [0.2, 0.25) is 0 Å². The van der Waals surface area contributed by atoms with E-state index in [0.717, 1.165) is 13.0 Å². The standard InChI is InChI=1S/C15H26N2/c1-14(2,3)12-13(15(4,5)6)17-10-8-7-9-11(17)16-12/h7-10H2,1-6H3. The molecule has 0 bridgehead atoms. The van der Waals surface area contributed by atoms with Gasteiger partial charge in [-0.05, 0) is 12.8 Å². The maximum absolute atomic E-state index is 4.95. The highest BCUT2D eigenvalue weighted by molar-refractivity contribution is 5.30. The van der Waals surface area contributed by atoms with Gasteiger partial charge in [-0.25, -0.2) is 4.98 Å². The third-order valence-electron chi connectivity index (χ3n) is 3.50. The van der Waals surface area contributed by atoms with E-state index in [9.17, 15) is 0 Å². The lowest BCUT2D eigenvalue weighted by atomic mass is 9.82. The summed E-state index contributed by atoms with van der Waals surface area (Å²) in [6, 6.07) is 0. The van der Waals surface area contributed by atoms with E-state index in [1.54, 1.807) is 0 Å². The minimum Gasteiger partial charge on any atom is -0.331 e. The molecule has 96 valence electrons. The zero-order valence-electron chi connectivity index (χ0n) is 12.2. The minimum absolute atomic E-state index is 0.146. The van der Waals surface area contributed by atoms with Crippen molar-refractivity contribution >= 4 is 0 Å². The topological polar surface area (TPSA) is 17.8 Å². The Morgan fingerprint density at radius 2 is 1.59 bits per heavy atom. The molecule has 1 aromatic rings. The smallest absolute Gasteiger partial charge is 0.109 e. The number of rotatable bonds is 0. The Labute approximate surface area is 105 Å². The van der Waals surface area contributed by atoms with Crippen molar-refractivity contribution in [3.8, 4) is 0 Å². The van der Waals surface area contributed by atoms with Gasteiger partial charge in [-0.15, -0.1) is 0 Å². The van der Waals surface area contributed by atoms with Crippen molar-refractivity contribution < 1.29 is 0 Å². The molecule has 0 aromatic carbocycles. The predicted molar refractivity (Wildman–Crippen MR) is 72.6 cm³/mol. The zero-order chi connectivity index (χ0) is 12.8. The first-order valence-corrected chi connectivity index (χ1v) is 6.81. The summed E-state index contributed by atoms with van der Waals surface area (Å²) in [6.07, 6.45) is 3.75. The highest BCUT2D eigenvalue weighted by atomic mass is 15.1. The van der Waals surface area contributed by atoms with Crippen LogP contribution >= 0.6 is 0 Å². The molecule has 0 saturated carbocycles. The molecule has 0 radical (unpaired) electrons. The fourth-order valence-corrected chi connectivity index (χ4v) is 2.77. The van der Waals surface area contributed by atoms with Crippen LogP contribution in [0.4, 0.5) is 0 Å². The Morgan fingerprint density at radius 1 is 0.941 bits per heavy atom. The van der Waals surface area contributed by atoms with E-state index in [-0.39, 0.29) is 10.8 Å². The molecule has 0 N–H and O–H groups in total. The van der Waals surface area contributed by atoms with Gasteiger partial charge in [-0.2, -0.15) is 0 Å². The zero-order valence-corrected chi connectivity index (χ0v) is 12.2. The summed E-state index contributed by atoms with van der Waals surface area (Å²) in [6.45, 7) is 14.9. The Bertz CT molecular complexity index is 413. The summed E-state index contributed by atoms with van der Waals surface area (Å²) in [5, 5.41) is 0. The van der Waals surface area contributed by atoms with Crippen LogP contribution in [0.25, 0.3) is 0 Å². The van der Waals surface area contributed by atoms with Crippen molar-refractivity contribution in [1.29, 1.82) is 0 Å². The average molecular weight is 234 g/mol. The van der Waals surface area contributed by atoms with Crippen LogP contribution in [0.15, 0.2) is 0 Å². The lowest BCUT2D eigenvalue weighted by molar-refractivity contribution is 0.449. The molecule has 1 aromatic heterocycles. The monoisotopic (exact) mass is 234 g/mol. The lowest BCUT2D eigenvalue weighted by Crippen LogP contribution is -2.25. The van der Waals surface area contributed by atoms with Gasteiger partial charge in [0, 0.05) is 29.5 Å². The molecule has 0 unspecified atom stereocenters. The van der Waals surface area contributed by atoms with Gasteiger partial charge in [0.15, 0.2) is 0 Å². The Balaban J connectivity index is 2.64. The fraction of sp³-hybridized carbons (Fsp3) is 0.800. The number of hydrogen-bond acceptors (Lipinski definition) is 1. The van der Waals surface area contributed by atoms with E-state index in [2.05, 4.69) is 46.1 Å². The van der Waals surface area contributed by atoms with Crippen molar-refractivity contribution in [3.05, 3.63) is 17.2 Å². The van der Waals surface area contributed by atoms with Gasteiger partial charge in [0.2, 0.25) is 0 Å². The molecule has 0 amide bonds. The summed E-state index contributed by atoms with van der Waals surface area (Å²) in [7, 11) is 0. The Kier molecular flexibility index (Phi) is 2.87. The number of fused-ring (bicyclic) bond motifs is 1. The minimum atomic E-state index is 0.146. The second-order valence-electron chi connectivity index (χ2n) is 7.33. The van der Waals surface area contributed by atoms with Crippen LogP contribution in [0.5, 0.6) is 0 Å². The van der Waals surface area contributed by atoms with Crippen LogP contribution < -0.4 is 0 Å². The lowest BCUT2D eigenvalue weighted by Gasteiger charge is -2.28. The number of aromatic nitrogens is 2. The van der Waals surface area contributed by atoms with Crippen molar-refractivity contribution in [2.45, 2.75) is 78.2 Å². The summed E-state index contributed by atoms with van der Waals surface area (Å²) < 4.78 is 2.49. The Morgan fingerprint density at radius 3 is 2.12 bits per heavy atom. The van der Waals surface area contributed by atoms with Crippen molar-refractivity contribution in [2.24, 2.45) is 0 Å². The van der Waals surface area contributed by atoms with Crippen LogP contribution in [0.3, 0.4) is 0 Å². The van der Waals surface area contributed by atoms with Gasteiger partial charge in [0.1, 0.15) is 5.82 Å². The van der Waals surface area contributed by atoms with Gasteiger partial charge in [0.05, 0.1) is 5.69 Å². The number of imidazole rings is 1. The first-order valence-electron chi connectivity index (χ1n) is 6.81. The maximum atomic E-state index is 4.95. The van der Waals surface area contributed by atoms with E-state index in [0.29, 0.717) is 0 Å². The van der Waals surface area contributed by atoms with E-state index >= 15 is 0 Å². The number of hydrogen-bond donors (Lipinski definition) is 0. The first-order chi connectivity index (χ1) is 7.71. The molecule has 1 aliphatic heterocycles. The van der Waals surface area contributed by atoms with Crippen LogP contribution in [-0.4, -0.2) is 9.55 Å². The largest absolute Gasteiger partial charge is 0.331 e. The number of nitrogens with zero attached hydrogens (tertiary/aromatic N) is 2. The molecule has 0 aliphatic carbocycles. The summed E-state index contributed by atoms with van der Waals surface area (Å²) >= 11 is 0. The summed E-state index contributed by atoms with van der Waals surface area (Å²) in [5.74, 6) is 1.31. The molecule has 2 nitrogen and oxygen atoms in total. The van der Waals surface area contributed by atoms with Crippen LogP contribution in [-0.2, 0) is 23.8 Å². The molecule has 2 rings (SSSR count). The maximum Gasteiger partial charge on any atom is 0.109 e. The van der Waals surface area contributed by atoms with Gasteiger partial charge >= 0.3 is 0 Å². The van der Waals surface area contributed by atoms with Crippen molar-refractivity contribution in [3.63, 3.8) is 0 Å². The first kappa shape index (κ1) is 12.7. The quantitative estimate of drug-likeness (QED) is 0.667. The van der Waals surface area contributed by atoms with Crippen LogP contribution in [0.1, 0.15) is 71.6 Å². The number of aryl methyl sites for hydroxylation is 1. The SMILES string of the molecule is CC(C)(C)c1nc2n(c1C(C)(C)C)CCCC2. The summed E-state index contributed by atoms with van der Waals surface area (Å²) in [4.78, 5) is 4.95. The fourth-order valence-electron chi connectivity index (χ4n) is 2.77. The molecule has 0 atom stereocenters. The Hall–Kier alpha value is -0.790. The van der Waals surface area contributed by atoms with E-state index in [1.165, 1.54) is 30.1 Å². The van der Waals surface area contributed by atoms with Crippen LogP contribution in [0, 0.1) is 0 Å². The van der Waals surface area contributed by atoms with Gasteiger partial charge < -0.3 is 4.57 Å². The second kappa shape index (κ2) is 3.86. The third kappa shape index (κ3) is 2.27. The van der Waals surface area contributed by atoms with Crippen molar-refractivity contribution in [1.82, 2.24) is 9.55 Å². The molecule has 1 aliphatic rings. The normalized spacial score (nSPS) is 17.1. The average Bonchev–Trinajstić information content (AvgIpc) is 2.54. The second-order valence-corrected chi connectivity index (χ2v) is 7.33. The van der Waals surface area contributed by atoms with E-state index in [1.807, 2.05) is 0 Å². The van der Waals surface area contributed by atoms with Crippen molar-refractivity contribution in [2.75, 3.05) is 0 Å². The molecular formula is C15H26N2. The molecule has 17 heavy (non-hydrogen) atoms. The van der Waals surface area contributed by atoms with E-state index < -0.39 is 0 Å². The predicted octanol–water partition coefficient (Wildman–Crippen LogP) is 3.81. The van der Waals surface area contributed by atoms with Gasteiger partial charge in [-0.3, -0.25) is 0 Å². The van der Waals surface area contributed by atoms with Gasteiger partial charge in [-0.1, -0.05) is 41.5 Å². The molecule has 0 fully saturated rings. The van der Waals surface area contributed by atoms with Gasteiger partial charge in [0.25, 0.3) is 0 Å². The molecule has 2 heteroatoms. The summed E-state index contributed by atoms with van der Waals surface area (Å²) in [5.41, 5.74) is 3.10. The highest BCUT2D eigenvalue weighted by Gasteiger charge is 2.32. The van der Waals surface area contributed by atoms with E-state index in [4.69, 9.17) is 4.98 Å². The molecule has 0 saturated heterocycles.